The van der Waals surface area contributed by atoms with Gasteiger partial charge in [0.15, 0.2) is 0 Å². The second-order valence-electron chi connectivity index (χ2n) is 5.33. The maximum Gasteiger partial charge on any atom is 0.416 e. The zero-order valence-corrected chi connectivity index (χ0v) is 14.3. The molecule has 0 aromatic heterocycles. The molecule has 0 saturated carbocycles. The number of nitrogens with zero attached hydrogens (tertiary/aromatic N) is 1. The number of nitro groups is 1. The van der Waals surface area contributed by atoms with Crippen molar-refractivity contribution in [1.29, 1.82) is 0 Å². The van der Waals surface area contributed by atoms with Crippen LogP contribution in [-0.4, -0.2) is 29.0 Å². The van der Waals surface area contributed by atoms with E-state index in [1.54, 1.807) is 0 Å². The van der Waals surface area contributed by atoms with Crippen LogP contribution in [0.2, 0.25) is 5.02 Å². The molecule has 0 unspecified atom stereocenters. The maximum absolute atomic E-state index is 12.7. The molecule has 0 saturated heterocycles. The number of carbonyl (C=O) groups excluding carboxylic acids is 1. The number of hydrogen-bond donors (Lipinski definition) is 3. The van der Waals surface area contributed by atoms with Gasteiger partial charge in [0.1, 0.15) is 11.4 Å². The molecule has 0 atom stereocenters. The third kappa shape index (κ3) is 5.23. The number of nitrogens with one attached hydrogen (secondary N) is 2. The van der Waals surface area contributed by atoms with Gasteiger partial charge in [0, 0.05) is 24.2 Å². The van der Waals surface area contributed by atoms with E-state index in [4.69, 9.17) is 11.6 Å². The van der Waals surface area contributed by atoms with Gasteiger partial charge in [-0.05, 0) is 30.3 Å². The molecular formula is C16H13ClF3N3O4. The number of phenolic OH excluding ortho intramolecular Hbond substituents is 1. The Kier molecular flexibility index (Phi) is 6.11. The Morgan fingerprint density at radius 2 is 1.89 bits per heavy atom. The summed E-state index contributed by atoms with van der Waals surface area (Å²) in [5, 5.41) is 25.9. The van der Waals surface area contributed by atoms with E-state index < -0.39 is 28.3 Å². The van der Waals surface area contributed by atoms with Crippen molar-refractivity contribution in [3.05, 3.63) is 62.7 Å². The Balaban J connectivity index is 2.00. The average molecular weight is 404 g/mol. The second-order valence-corrected chi connectivity index (χ2v) is 5.77. The first kappa shape index (κ1) is 20.3. The normalized spacial score (nSPS) is 11.1. The fourth-order valence-corrected chi connectivity index (χ4v) is 2.34. The number of anilines is 1. The van der Waals surface area contributed by atoms with Gasteiger partial charge in [-0.15, -0.1) is 0 Å². The predicted octanol–water partition coefficient (Wildman–Crippen LogP) is 3.81. The molecule has 11 heteroatoms. The first-order valence-electron chi connectivity index (χ1n) is 7.46. The van der Waals surface area contributed by atoms with E-state index >= 15 is 0 Å². The van der Waals surface area contributed by atoms with Crippen molar-refractivity contribution >= 4 is 28.9 Å². The highest BCUT2D eigenvalue weighted by molar-refractivity contribution is 6.31. The van der Waals surface area contributed by atoms with Crippen LogP contribution < -0.4 is 10.6 Å². The van der Waals surface area contributed by atoms with Crippen LogP contribution in [0.3, 0.4) is 0 Å². The molecule has 0 aliphatic rings. The van der Waals surface area contributed by atoms with Crippen LogP contribution in [-0.2, 0) is 6.18 Å². The van der Waals surface area contributed by atoms with Gasteiger partial charge in [-0.1, -0.05) is 11.6 Å². The molecule has 0 bridgehead atoms. The minimum Gasteiger partial charge on any atom is -0.507 e. The van der Waals surface area contributed by atoms with Gasteiger partial charge in [-0.3, -0.25) is 14.9 Å². The molecule has 2 aromatic carbocycles. The Labute approximate surface area is 155 Å². The largest absolute Gasteiger partial charge is 0.507 e. The second kappa shape index (κ2) is 8.12. The van der Waals surface area contributed by atoms with Crippen molar-refractivity contribution < 1.29 is 28.0 Å². The quantitative estimate of drug-likeness (QED) is 0.386. The Morgan fingerprint density at radius 1 is 1.19 bits per heavy atom. The van der Waals surface area contributed by atoms with E-state index in [0.717, 1.165) is 12.1 Å². The summed E-state index contributed by atoms with van der Waals surface area (Å²) in [6.45, 7) is -0.0117. The van der Waals surface area contributed by atoms with E-state index in [9.17, 15) is 33.2 Å². The highest BCUT2D eigenvalue weighted by atomic mass is 35.5. The van der Waals surface area contributed by atoms with E-state index in [0.29, 0.717) is 6.07 Å². The van der Waals surface area contributed by atoms with Crippen molar-refractivity contribution in [3.63, 3.8) is 0 Å². The number of hydrogen-bond acceptors (Lipinski definition) is 5. The molecule has 7 nitrogen and oxygen atoms in total. The van der Waals surface area contributed by atoms with Crippen LogP contribution in [0.5, 0.6) is 5.75 Å². The number of amides is 1. The van der Waals surface area contributed by atoms with Crippen molar-refractivity contribution in [2.75, 3.05) is 18.4 Å². The highest BCUT2D eigenvalue weighted by Crippen LogP contribution is 2.34. The number of phenols is 1. The zero-order chi connectivity index (χ0) is 20.2. The van der Waals surface area contributed by atoms with Gasteiger partial charge in [0.2, 0.25) is 0 Å². The number of halogens is 4. The Hall–Kier alpha value is -3.01. The minimum atomic E-state index is -4.70. The highest BCUT2D eigenvalue weighted by Gasteiger charge is 2.33. The van der Waals surface area contributed by atoms with Crippen LogP contribution >= 0.6 is 11.6 Å². The van der Waals surface area contributed by atoms with Gasteiger partial charge in [-0.2, -0.15) is 13.2 Å². The van der Waals surface area contributed by atoms with Crippen molar-refractivity contribution in [3.8, 4) is 5.75 Å². The Morgan fingerprint density at radius 3 is 2.52 bits per heavy atom. The first-order chi connectivity index (χ1) is 12.6. The molecular weight excluding hydrogens is 391 g/mol. The van der Waals surface area contributed by atoms with Crippen molar-refractivity contribution in [1.82, 2.24) is 5.32 Å². The average Bonchev–Trinajstić information content (AvgIpc) is 2.59. The Bertz CT molecular complexity index is 874. The van der Waals surface area contributed by atoms with Gasteiger partial charge >= 0.3 is 6.18 Å². The summed E-state index contributed by atoms with van der Waals surface area (Å²) in [4.78, 5) is 22.0. The van der Waals surface area contributed by atoms with E-state index in [-0.39, 0.29) is 35.1 Å². The summed E-state index contributed by atoms with van der Waals surface area (Å²) < 4.78 is 38.0. The number of carbonyl (C=O) groups is 1. The minimum absolute atomic E-state index is 0.000722. The molecule has 27 heavy (non-hydrogen) atoms. The van der Waals surface area contributed by atoms with Gasteiger partial charge in [0.25, 0.3) is 11.6 Å². The van der Waals surface area contributed by atoms with Gasteiger partial charge < -0.3 is 15.7 Å². The van der Waals surface area contributed by atoms with Crippen LogP contribution in [0.25, 0.3) is 0 Å². The number of alkyl halides is 3. The zero-order valence-electron chi connectivity index (χ0n) is 13.5. The van der Waals surface area contributed by atoms with Gasteiger partial charge in [-0.25, -0.2) is 0 Å². The number of nitro benzene ring substituents is 1. The number of benzene rings is 2. The summed E-state index contributed by atoms with van der Waals surface area (Å²) >= 11 is 5.75. The standard InChI is InChI=1S/C16H13ClF3N3O4/c17-10-2-4-14(24)11(8-10)15(25)22-6-5-21-12-3-1-9(16(18,19)20)7-13(12)23(26)27/h1-4,7-8,21,24H,5-6H2,(H,22,25). The van der Waals surface area contributed by atoms with Crippen LogP contribution in [0.4, 0.5) is 24.5 Å². The smallest absolute Gasteiger partial charge is 0.416 e. The molecule has 1 amide bonds. The molecule has 0 aliphatic heterocycles. The lowest BCUT2D eigenvalue weighted by Crippen LogP contribution is -2.29. The van der Waals surface area contributed by atoms with E-state index in [2.05, 4.69) is 10.6 Å². The fraction of sp³-hybridized carbons (Fsp3) is 0.188. The first-order valence-corrected chi connectivity index (χ1v) is 7.83. The number of rotatable bonds is 6. The summed E-state index contributed by atoms with van der Waals surface area (Å²) in [6, 6.07) is 6.02. The molecule has 0 radical (unpaired) electrons. The topological polar surface area (TPSA) is 104 Å². The molecule has 0 heterocycles. The number of aromatic hydroxyl groups is 1. The lowest BCUT2D eigenvalue weighted by molar-refractivity contribution is -0.384. The van der Waals surface area contributed by atoms with Crippen LogP contribution in [0.15, 0.2) is 36.4 Å². The SMILES string of the molecule is O=C(NCCNc1ccc(C(F)(F)F)cc1[N+](=O)[O-])c1cc(Cl)ccc1O. The maximum atomic E-state index is 12.7. The fourth-order valence-electron chi connectivity index (χ4n) is 2.17. The third-order valence-corrected chi connectivity index (χ3v) is 3.69. The predicted molar refractivity (Wildman–Crippen MR) is 92.0 cm³/mol. The molecule has 2 aromatic rings. The lowest BCUT2D eigenvalue weighted by Gasteiger charge is -2.11. The summed E-state index contributed by atoms with van der Waals surface area (Å²) in [7, 11) is 0. The third-order valence-electron chi connectivity index (χ3n) is 3.45. The molecule has 3 N–H and O–H groups in total. The summed E-state index contributed by atoms with van der Waals surface area (Å²) in [5.41, 5.74) is -2.04. The van der Waals surface area contributed by atoms with E-state index in [1.807, 2.05) is 0 Å². The van der Waals surface area contributed by atoms with Crippen LogP contribution in [0, 0.1) is 10.1 Å². The van der Waals surface area contributed by atoms with Crippen LogP contribution in [0.1, 0.15) is 15.9 Å². The summed E-state index contributed by atoms with van der Waals surface area (Å²) in [5.74, 6) is -0.901. The molecule has 2 rings (SSSR count). The molecule has 0 fully saturated rings. The van der Waals surface area contributed by atoms with E-state index in [1.165, 1.54) is 18.2 Å². The molecule has 144 valence electrons. The molecule has 0 spiro atoms. The summed E-state index contributed by atoms with van der Waals surface area (Å²) in [6.07, 6.45) is -4.70. The molecule has 0 aliphatic carbocycles. The van der Waals surface area contributed by atoms with Gasteiger partial charge in [0.05, 0.1) is 16.1 Å². The van der Waals surface area contributed by atoms with Crippen molar-refractivity contribution in [2.45, 2.75) is 6.18 Å². The van der Waals surface area contributed by atoms with Crippen molar-refractivity contribution in [2.24, 2.45) is 0 Å². The monoisotopic (exact) mass is 403 g/mol. The lowest BCUT2D eigenvalue weighted by atomic mass is 10.1.